The normalized spacial score (nSPS) is 14.4. The summed E-state index contributed by atoms with van der Waals surface area (Å²) in [5, 5.41) is 1.60. The minimum absolute atomic E-state index is 0. The second-order valence-corrected chi connectivity index (χ2v) is 18.8. The van der Waals surface area contributed by atoms with Crippen molar-refractivity contribution < 1.29 is 24.2 Å². The molecule has 0 nitrogen and oxygen atoms in total. The molecule has 236 valence electrons. The first-order valence-corrected chi connectivity index (χ1v) is 19.6. The van der Waals surface area contributed by atoms with Crippen LogP contribution in [0.5, 0.6) is 0 Å². The number of halogens is 2. The van der Waals surface area contributed by atoms with E-state index in [0.29, 0.717) is 5.92 Å². The van der Waals surface area contributed by atoms with E-state index in [1.54, 1.807) is 5.20 Å². The number of hydrogen-bond acceptors (Lipinski definition) is 0. The molecule has 0 aromatic heterocycles. The minimum atomic E-state index is -1.07. The Morgan fingerprint density at radius 2 is 1.40 bits per heavy atom. The van der Waals surface area contributed by atoms with Crippen LogP contribution in [0.15, 0.2) is 77.5 Å². The molecule has 4 heteroatoms. The number of hydrogen-bond donors (Lipinski definition) is 0. The molecule has 43 heavy (non-hydrogen) atoms. The van der Waals surface area contributed by atoms with Gasteiger partial charge in [0.15, 0.2) is 0 Å². The van der Waals surface area contributed by atoms with Gasteiger partial charge in [-0.15, -0.1) is 35.9 Å². The molecule has 0 fully saturated rings. The first kappa shape index (κ1) is 43.8. The summed E-state index contributed by atoms with van der Waals surface area (Å²) in [6, 6.07) is 27.7. The molecule has 0 N–H and O–H groups in total. The molecule has 0 bridgehead atoms. The van der Waals surface area contributed by atoms with Crippen molar-refractivity contribution in [2.45, 2.75) is 92.3 Å². The molecule has 2 aliphatic rings. The first-order valence-electron chi connectivity index (χ1n) is 14.4. The van der Waals surface area contributed by atoms with E-state index in [9.17, 15) is 0 Å². The Morgan fingerprint density at radius 3 is 1.77 bits per heavy atom. The molecule has 0 amide bonds. The SMILES string of the molecule is CC(C)(C)c1[c-]c2c(cc1)-c1ccc(C(C)(C)C)cc1C2.CC1=[C-]C(C)C=C1[Si](C)(C)C.Cl.Cl.[CH2]=[Zr].[CH3-].[c-]1ccccc1. The van der Waals surface area contributed by atoms with E-state index in [-0.39, 0.29) is 43.1 Å². The maximum absolute atomic E-state index is 3.67. The summed E-state index contributed by atoms with van der Waals surface area (Å²) in [6.45, 7) is 25.2. The molecule has 0 saturated carbocycles. The summed E-state index contributed by atoms with van der Waals surface area (Å²) in [5.74, 6) is 0.553. The van der Waals surface area contributed by atoms with Crippen LogP contribution in [0.3, 0.4) is 0 Å². The Labute approximate surface area is 294 Å². The second-order valence-electron chi connectivity index (χ2n) is 13.8. The van der Waals surface area contributed by atoms with Gasteiger partial charge in [-0.25, -0.2) is 10.8 Å². The van der Waals surface area contributed by atoms with Crippen LogP contribution in [-0.2, 0) is 41.5 Å². The van der Waals surface area contributed by atoms with Crippen LogP contribution in [0.1, 0.15) is 77.6 Å². The van der Waals surface area contributed by atoms with Gasteiger partial charge in [-0.1, -0.05) is 105 Å². The van der Waals surface area contributed by atoms with Gasteiger partial charge in [0.05, 0.1) is 0 Å². The summed E-state index contributed by atoms with van der Waals surface area (Å²) in [6.07, 6.45) is 6.83. The molecular formula is C39H54Cl2SiZr-4. The summed E-state index contributed by atoms with van der Waals surface area (Å²) in [4.78, 5) is 0. The number of allylic oxidation sites excluding steroid dienone is 4. The summed E-state index contributed by atoms with van der Waals surface area (Å²) in [5.41, 5.74) is 10.1. The van der Waals surface area contributed by atoms with Gasteiger partial charge in [-0.3, -0.25) is 6.08 Å². The summed E-state index contributed by atoms with van der Waals surface area (Å²) < 4.78 is 3.34. The molecule has 0 spiro atoms. The van der Waals surface area contributed by atoms with Gasteiger partial charge in [-0.2, -0.15) is 66.2 Å². The van der Waals surface area contributed by atoms with Gasteiger partial charge in [0.25, 0.3) is 0 Å². The Kier molecular flexibility index (Phi) is 19.0. The quantitative estimate of drug-likeness (QED) is 0.136. The first-order chi connectivity index (χ1) is 18.6. The van der Waals surface area contributed by atoms with Crippen LogP contribution < -0.4 is 0 Å². The zero-order valence-electron chi connectivity index (χ0n) is 28.7. The zero-order valence-corrected chi connectivity index (χ0v) is 33.7. The van der Waals surface area contributed by atoms with Gasteiger partial charge >= 0.3 is 28.4 Å². The molecule has 0 radical (unpaired) electrons. The van der Waals surface area contributed by atoms with Gasteiger partial charge in [-0.05, 0) is 36.5 Å². The standard InChI is InChI=1S/C21H25.C10H17Si.C6H5.CH3.CH2.2ClH.Zr/c1-20(2,3)16-7-9-18-14(12-16)11-15-13-17(21(4,5)6)8-10-19(15)18;1-8-6-9(2)10(7-8)11(3,4)5;1-2-4-6-5-3-1;;;;;/h7-10,12H,11H2,1-6H3;7-8H,1-5H3;1-5H;1H3;1H2;2*1H;/q4*-1;;;;. The monoisotopic (exact) mass is 710 g/mol. The van der Waals surface area contributed by atoms with E-state index in [1.807, 2.05) is 30.3 Å². The molecule has 3 aromatic carbocycles. The van der Waals surface area contributed by atoms with E-state index in [2.05, 4.69) is 134 Å². The van der Waals surface area contributed by atoms with Gasteiger partial charge in [0, 0.05) is 0 Å². The Hall–Kier alpha value is -1.31. The maximum Gasteiger partial charge on any atom is -0.171 e. The average molecular weight is 713 g/mol. The molecule has 0 saturated heterocycles. The fourth-order valence-corrected chi connectivity index (χ4v) is 6.97. The molecule has 1 atom stereocenters. The van der Waals surface area contributed by atoms with Crippen LogP contribution in [-0.4, -0.2) is 12.3 Å². The molecular weight excluding hydrogens is 659 g/mol. The van der Waals surface area contributed by atoms with E-state index in [1.165, 1.54) is 63.2 Å². The predicted molar refractivity (Wildman–Crippen MR) is 197 cm³/mol. The van der Waals surface area contributed by atoms with Crippen molar-refractivity contribution in [3.05, 3.63) is 125 Å². The largest absolute Gasteiger partial charge is 0.358 e. The zero-order chi connectivity index (χ0) is 30.3. The molecule has 1 unspecified atom stereocenters. The molecule has 3 aromatic rings. The summed E-state index contributed by atoms with van der Waals surface area (Å²) >= 11 is 1.30. The van der Waals surface area contributed by atoms with Crippen molar-refractivity contribution in [2.75, 3.05) is 0 Å². The minimum Gasteiger partial charge on any atom is -0.358 e. The van der Waals surface area contributed by atoms with Gasteiger partial charge in [0.2, 0.25) is 0 Å². The van der Waals surface area contributed by atoms with Gasteiger partial charge in [0.1, 0.15) is 0 Å². The third-order valence-electron chi connectivity index (χ3n) is 7.14. The Bertz CT molecular complexity index is 1230. The van der Waals surface area contributed by atoms with Crippen LogP contribution in [0.2, 0.25) is 19.6 Å². The molecule has 0 aliphatic heterocycles. The van der Waals surface area contributed by atoms with Crippen LogP contribution in [0, 0.1) is 31.6 Å². The van der Waals surface area contributed by atoms with Crippen LogP contribution >= 0.6 is 24.8 Å². The fourth-order valence-electron chi connectivity index (χ4n) is 5.02. The fraction of sp³-hybridized carbons (Fsp3) is 0.385. The van der Waals surface area contributed by atoms with Crippen LogP contribution in [0.25, 0.3) is 11.1 Å². The predicted octanol–water partition coefficient (Wildman–Crippen LogP) is 11.6. The van der Waals surface area contributed by atoms with Crippen molar-refractivity contribution in [1.29, 1.82) is 0 Å². The van der Waals surface area contributed by atoms with Crippen molar-refractivity contribution in [3.63, 3.8) is 0 Å². The van der Waals surface area contributed by atoms with Crippen molar-refractivity contribution in [1.82, 2.24) is 0 Å². The number of rotatable bonds is 1. The van der Waals surface area contributed by atoms with Crippen LogP contribution in [0.4, 0.5) is 0 Å². The smallest absolute Gasteiger partial charge is 0.171 e. The third-order valence-corrected chi connectivity index (χ3v) is 9.30. The van der Waals surface area contributed by atoms with E-state index in [4.69, 9.17) is 0 Å². The average Bonchev–Trinajstić information content (AvgIpc) is 3.44. The van der Waals surface area contributed by atoms with Gasteiger partial charge < -0.3 is 7.43 Å². The second kappa shape index (κ2) is 18.6. The Morgan fingerprint density at radius 1 is 0.837 bits per heavy atom. The van der Waals surface area contributed by atoms with E-state index in [0.717, 1.165) is 6.42 Å². The maximum atomic E-state index is 3.67. The molecule has 2 aliphatic carbocycles. The number of fused-ring (bicyclic) bond motifs is 3. The third kappa shape index (κ3) is 12.9. The van der Waals surface area contributed by atoms with E-state index < -0.39 is 8.07 Å². The Balaban J connectivity index is 0. The summed E-state index contributed by atoms with van der Waals surface area (Å²) in [7, 11) is -1.07. The van der Waals surface area contributed by atoms with E-state index >= 15 is 0 Å². The van der Waals surface area contributed by atoms with Crippen molar-refractivity contribution in [3.8, 4) is 11.1 Å². The molecule has 5 rings (SSSR count). The topological polar surface area (TPSA) is 0 Å². The number of benzene rings is 3. The van der Waals surface area contributed by atoms with Crippen molar-refractivity contribution >= 4 is 37.1 Å². The van der Waals surface area contributed by atoms with Crippen molar-refractivity contribution in [2.24, 2.45) is 5.92 Å². The molecule has 0 heterocycles.